The second kappa shape index (κ2) is 6.32. The van der Waals surface area contributed by atoms with Gasteiger partial charge in [0.1, 0.15) is 5.58 Å². The quantitative estimate of drug-likeness (QED) is 0.831. The molecule has 0 amide bonds. The molecule has 1 heterocycles. The third kappa shape index (κ3) is 3.74. The molecule has 2 rings (SSSR count). The fourth-order valence-electron chi connectivity index (χ4n) is 2.50. The van der Waals surface area contributed by atoms with Gasteiger partial charge in [0.25, 0.3) is 0 Å². The zero-order chi connectivity index (χ0) is 15.6. The first-order chi connectivity index (χ1) is 9.82. The number of hydrogen-bond acceptors (Lipinski definition) is 2. The zero-order valence-electron chi connectivity index (χ0n) is 13.6. The van der Waals surface area contributed by atoms with Crippen LogP contribution >= 0.6 is 0 Å². The Labute approximate surface area is 129 Å². The third-order valence-electron chi connectivity index (χ3n) is 3.76. The van der Waals surface area contributed by atoms with Gasteiger partial charge in [-0.2, -0.15) is 0 Å². The number of hydrogen-bond donors (Lipinski definition) is 0. The molecule has 0 aliphatic carbocycles. The van der Waals surface area contributed by atoms with Gasteiger partial charge in [0.2, 0.25) is 0 Å². The molecule has 116 valence electrons. The molecule has 0 saturated heterocycles. The van der Waals surface area contributed by atoms with E-state index in [9.17, 15) is 4.21 Å². The standard InChI is InChI=1S/C17H25NO2S/c1-6-15(18(5)21(19)17(2,3)4)11-13-7-8-14-9-10-20-16(14)12-13/h7-10,12,15H,6,11H2,1-5H3/t15-,21-/m1/s1. The molecular weight excluding hydrogens is 282 g/mol. The highest BCUT2D eigenvalue weighted by Crippen LogP contribution is 2.22. The lowest BCUT2D eigenvalue weighted by molar-refractivity contribution is 0.369. The van der Waals surface area contributed by atoms with Gasteiger partial charge >= 0.3 is 0 Å². The zero-order valence-corrected chi connectivity index (χ0v) is 14.4. The van der Waals surface area contributed by atoms with Crippen LogP contribution in [0.5, 0.6) is 0 Å². The molecule has 0 N–H and O–H groups in total. The van der Waals surface area contributed by atoms with Gasteiger partial charge in [-0.1, -0.05) is 19.1 Å². The van der Waals surface area contributed by atoms with E-state index in [1.165, 1.54) is 5.56 Å². The number of rotatable bonds is 5. The van der Waals surface area contributed by atoms with Gasteiger partial charge in [0.05, 0.1) is 22.0 Å². The van der Waals surface area contributed by atoms with E-state index in [2.05, 4.69) is 25.1 Å². The first kappa shape index (κ1) is 16.2. The molecule has 0 aliphatic rings. The van der Waals surface area contributed by atoms with Crippen LogP contribution in [-0.2, 0) is 17.4 Å². The smallest absolute Gasteiger partial charge is 0.134 e. The highest BCUT2D eigenvalue weighted by Gasteiger charge is 2.28. The Hall–Kier alpha value is -1.13. The molecule has 2 atom stereocenters. The maximum absolute atomic E-state index is 12.5. The van der Waals surface area contributed by atoms with Crippen molar-refractivity contribution in [1.29, 1.82) is 0 Å². The van der Waals surface area contributed by atoms with Crippen molar-refractivity contribution in [3.8, 4) is 0 Å². The Morgan fingerprint density at radius 3 is 2.62 bits per heavy atom. The Morgan fingerprint density at radius 2 is 2.00 bits per heavy atom. The van der Waals surface area contributed by atoms with Crippen molar-refractivity contribution in [2.75, 3.05) is 7.05 Å². The Bertz CT molecular complexity index is 627. The summed E-state index contributed by atoms with van der Waals surface area (Å²) in [6, 6.07) is 8.54. The first-order valence-corrected chi connectivity index (χ1v) is 8.54. The molecule has 0 fully saturated rings. The van der Waals surface area contributed by atoms with Gasteiger partial charge < -0.3 is 4.42 Å². The maximum atomic E-state index is 12.5. The SMILES string of the molecule is CC[C@H](Cc1ccc2ccoc2c1)N(C)[S@](=O)C(C)(C)C. The van der Waals surface area contributed by atoms with Crippen molar-refractivity contribution in [2.45, 2.75) is 51.3 Å². The van der Waals surface area contributed by atoms with E-state index in [-0.39, 0.29) is 10.8 Å². The summed E-state index contributed by atoms with van der Waals surface area (Å²) in [5.41, 5.74) is 2.14. The number of nitrogens with zero attached hydrogens (tertiary/aromatic N) is 1. The van der Waals surface area contributed by atoms with Crippen LogP contribution < -0.4 is 0 Å². The lowest BCUT2D eigenvalue weighted by Crippen LogP contribution is -2.42. The molecule has 3 nitrogen and oxygen atoms in total. The van der Waals surface area contributed by atoms with Gasteiger partial charge in [-0.15, -0.1) is 0 Å². The topological polar surface area (TPSA) is 33.5 Å². The lowest BCUT2D eigenvalue weighted by atomic mass is 10.0. The molecule has 2 aromatic rings. The maximum Gasteiger partial charge on any atom is 0.134 e. The first-order valence-electron chi connectivity index (χ1n) is 7.44. The lowest BCUT2D eigenvalue weighted by Gasteiger charge is -2.31. The number of benzene rings is 1. The van der Waals surface area contributed by atoms with Gasteiger partial charge in [-0.05, 0) is 51.3 Å². The Kier molecular flexibility index (Phi) is 4.89. The normalized spacial score (nSPS) is 15.5. The van der Waals surface area contributed by atoms with E-state index in [4.69, 9.17) is 4.42 Å². The third-order valence-corrected chi connectivity index (χ3v) is 5.63. The summed E-state index contributed by atoms with van der Waals surface area (Å²) in [6.45, 7) is 8.19. The fourth-order valence-corrected chi connectivity index (χ4v) is 3.85. The number of likely N-dealkylation sites (N-methyl/N-ethyl adjacent to an activating group) is 1. The van der Waals surface area contributed by atoms with E-state index in [0.29, 0.717) is 0 Å². The summed E-state index contributed by atoms with van der Waals surface area (Å²) in [5, 5.41) is 1.12. The summed E-state index contributed by atoms with van der Waals surface area (Å²) in [6.07, 6.45) is 3.56. The number of fused-ring (bicyclic) bond motifs is 1. The molecule has 1 aromatic carbocycles. The van der Waals surface area contributed by atoms with Crippen LogP contribution in [0.4, 0.5) is 0 Å². The average Bonchev–Trinajstić information content (AvgIpc) is 2.89. The minimum Gasteiger partial charge on any atom is -0.464 e. The molecule has 0 radical (unpaired) electrons. The summed E-state index contributed by atoms with van der Waals surface area (Å²) in [7, 11) is 0.964. The van der Waals surface area contributed by atoms with Gasteiger partial charge in [-0.3, -0.25) is 0 Å². The van der Waals surface area contributed by atoms with E-state index >= 15 is 0 Å². The van der Waals surface area contributed by atoms with E-state index in [1.54, 1.807) is 6.26 Å². The van der Waals surface area contributed by atoms with Crippen LogP contribution in [0, 0.1) is 0 Å². The van der Waals surface area contributed by atoms with Crippen LogP contribution in [0.3, 0.4) is 0 Å². The van der Waals surface area contributed by atoms with Crippen molar-refractivity contribution in [3.05, 3.63) is 36.1 Å². The van der Waals surface area contributed by atoms with Crippen LogP contribution in [0.1, 0.15) is 39.7 Å². The van der Waals surface area contributed by atoms with Crippen LogP contribution in [0.25, 0.3) is 11.0 Å². The Morgan fingerprint density at radius 1 is 1.29 bits per heavy atom. The summed E-state index contributed by atoms with van der Waals surface area (Å²) in [5.74, 6) is 0. The largest absolute Gasteiger partial charge is 0.464 e. The molecule has 0 bridgehead atoms. The van der Waals surface area contributed by atoms with E-state index < -0.39 is 11.0 Å². The van der Waals surface area contributed by atoms with Crippen molar-refractivity contribution < 1.29 is 8.63 Å². The van der Waals surface area contributed by atoms with Crippen LogP contribution in [-0.4, -0.2) is 26.4 Å². The van der Waals surface area contributed by atoms with Crippen molar-refractivity contribution in [1.82, 2.24) is 4.31 Å². The second-order valence-electron chi connectivity index (χ2n) is 6.47. The predicted octanol–water partition coefficient (Wildman–Crippen LogP) is 4.15. The van der Waals surface area contributed by atoms with Crippen LogP contribution in [0.15, 0.2) is 34.9 Å². The highest BCUT2D eigenvalue weighted by molar-refractivity contribution is 7.84. The summed E-state index contributed by atoms with van der Waals surface area (Å²) >= 11 is 0. The van der Waals surface area contributed by atoms with Gasteiger partial charge in [0, 0.05) is 18.5 Å². The molecule has 0 saturated carbocycles. The summed E-state index contributed by atoms with van der Waals surface area (Å²) in [4.78, 5) is 0. The Balaban J connectivity index is 2.16. The molecular formula is C17H25NO2S. The van der Waals surface area contributed by atoms with Gasteiger partial charge in [0.15, 0.2) is 0 Å². The minimum absolute atomic E-state index is 0.229. The highest BCUT2D eigenvalue weighted by atomic mass is 32.2. The van der Waals surface area contributed by atoms with Crippen molar-refractivity contribution in [3.63, 3.8) is 0 Å². The van der Waals surface area contributed by atoms with Crippen LogP contribution in [0.2, 0.25) is 0 Å². The van der Waals surface area contributed by atoms with Gasteiger partial charge in [-0.25, -0.2) is 8.51 Å². The molecule has 0 spiro atoms. The summed E-state index contributed by atoms with van der Waals surface area (Å²) < 4.78 is 19.8. The molecule has 4 heteroatoms. The second-order valence-corrected chi connectivity index (χ2v) is 8.77. The van der Waals surface area contributed by atoms with Crippen molar-refractivity contribution in [2.24, 2.45) is 0 Å². The van der Waals surface area contributed by atoms with E-state index in [1.807, 2.05) is 38.2 Å². The fraction of sp³-hybridized carbons (Fsp3) is 0.529. The van der Waals surface area contributed by atoms with E-state index in [0.717, 1.165) is 23.8 Å². The monoisotopic (exact) mass is 307 g/mol. The molecule has 0 unspecified atom stereocenters. The molecule has 21 heavy (non-hydrogen) atoms. The molecule has 1 aromatic heterocycles. The predicted molar refractivity (Wildman–Crippen MR) is 89.7 cm³/mol. The molecule has 0 aliphatic heterocycles. The average molecular weight is 307 g/mol. The van der Waals surface area contributed by atoms with Crippen molar-refractivity contribution >= 4 is 22.0 Å². The number of furan rings is 1. The minimum atomic E-state index is -0.995.